The van der Waals surface area contributed by atoms with E-state index in [9.17, 15) is 4.79 Å². The van der Waals surface area contributed by atoms with Gasteiger partial charge < -0.3 is 14.6 Å². The fraction of sp³-hybridized carbons (Fsp3) is 0.333. The van der Waals surface area contributed by atoms with Gasteiger partial charge in [0.1, 0.15) is 5.82 Å². The van der Waals surface area contributed by atoms with Gasteiger partial charge in [0.05, 0.1) is 17.3 Å². The van der Waals surface area contributed by atoms with Crippen molar-refractivity contribution >= 4 is 16.8 Å². The number of fused-ring (bicyclic) bond motifs is 1. The summed E-state index contributed by atoms with van der Waals surface area (Å²) in [7, 11) is 1.90. The fourth-order valence-electron chi connectivity index (χ4n) is 4.74. The standard InChI is InChI=1S/C27H29FN4O2/c1-3-19-8-9-24(28)25-23(27(33)30-22-10-12-34-13-11-22)17-32(26(19)25)15-18-4-6-20(7-5-18)21-14-29-31(2)16-21/h4-9,14,16-17,22H,3,10-13,15H2,1-2H3,(H,30,33). The third-order valence-corrected chi connectivity index (χ3v) is 6.58. The first-order chi connectivity index (χ1) is 16.5. The summed E-state index contributed by atoms with van der Waals surface area (Å²) < 4.78 is 24.3. The average Bonchev–Trinajstić information content (AvgIpc) is 3.45. The maximum absolute atomic E-state index is 15.1. The zero-order chi connectivity index (χ0) is 23.7. The van der Waals surface area contributed by atoms with Gasteiger partial charge in [-0.3, -0.25) is 9.48 Å². The molecule has 0 saturated carbocycles. The van der Waals surface area contributed by atoms with Crippen LogP contribution in [0.25, 0.3) is 22.0 Å². The molecule has 176 valence electrons. The number of carbonyl (C=O) groups is 1. The number of nitrogens with zero attached hydrogens (tertiary/aromatic N) is 3. The van der Waals surface area contributed by atoms with Crippen LogP contribution in [0.15, 0.2) is 55.0 Å². The number of aromatic nitrogens is 3. The second-order valence-corrected chi connectivity index (χ2v) is 8.91. The molecule has 1 saturated heterocycles. The van der Waals surface area contributed by atoms with Gasteiger partial charge in [-0.1, -0.05) is 37.3 Å². The van der Waals surface area contributed by atoms with Crippen LogP contribution in [0.2, 0.25) is 0 Å². The highest BCUT2D eigenvalue weighted by Gasteiger charge is 2.23. The molecule has 4 aromatic rings. The number of aryl methyl sites for hydroxylation is 2. The van der Waals surface area contributed by atoms with Gasteiger partial charge in [0.2, 0.25) is 0 Å². The van der Waals surface area contributed by atoms with Gasteiger partial charge in [0.15, 0.2) is 0 Å². The molecule has 0 radical (unpaired) electrons. The number of carbonyl (C=O) groups excluding carboxylic acids is 1. The van der Waals surface area contributed by atoms with Gasteiger partial charge in [-0.05, 0) is 42.0 Å². The SMILES string of the molecule is CCc1ccc(F)c2c(C(=O)NC3CCOCC3)cn(Cc3ccc(-c4cnn(C)c4)cc3)c12. The normalized spacial score (nSPS) is 14.6. The lowest BCUT2D eigenvalue weighted by Crippen LogP contribution is -2.38. The Labute approximate surface area is 198 Å². The minimum atomic E-state index is -0.366. The molecule has 0 aliphatic carbocycles. The monoisotopic (exact) mass is 460 g/mol. The largest absolute Gasteiger partial charge is 0.381 e. The van der Waals surface area contributed by atoms with Crippen LogP contribution in [0.1, 0.15) is 41.3 Å². The van der Waals surface area contributed by atoms with E-state index in [-0.39, 0.29) is 17.8 Å². The van der Waals surface area contributed by atoms with Gasteiger partial charge in [0.25, 0.3) is 5.91 Å². The second-order valence-electron chi connectivity index (χ2n) is 8.91. The number of rotatable bonds is 6. The molecule has 1 fully saturated rings. The number of benzene rings is 2. The van der Waals surface area contributed by atoms with Crippen LogP contribution in [0, 0.1) is 5.82 Å². The summed E-state index contributed by atoms with van der Waals surface area (Å²) in [5.74, 6) is -0.593. The van der Waals surface area contributed by atoms with Crippen molar-refractivity contribution in [3.63, 3.8) is 0 Å². The van der Waals surface area contributed by atoms with Crippen molar-refractivity contribution in [2.45, 2.75) is 38.8 Å². The second kappa shape index (κ2) is 9.43. The number of halogens is 1. The highest BCUT2D eigenvalue weighted by atomic mass is 19.1. The highest BCUT2D eigenvalue weighted by Crippen LogP contribution is 2.30. The molecule has 0 atom stereocenters. The Bertz CT molecular complexity index is 1320. The molecule has 2 aromatic carbocycles. The fourth-order valence-corrected chi connectivity index (χ4v) is 4.74. The Kier molecular flexibility index (Phi) is 6.20. The Morgan fingerprint density at radius 2 is 1.88 bits per heavy atom. The first-order valence-corrected chi connectivity index (χ1v) is 11.8. The summed E-state index contributed by atoms with van der Waals surface area (Å²) >= 11 is 0. The van der Waals surface area contributed by atoms with Crippen LogP contribution < -0.4 is 5.32 Å². The van der Waals surface area contributed by atoms with Crippen molar-refractivity contribution in [3.05, 3.63) is 77.5 Å². The van der Waals surface area contributed by atoms with Crippen LogP contribution in [-0.2, 0) is 24.8 Å². The Morgan fingerprint density at radius 1 is 1.12 bits per heavy atom. The van der Waals surface area contributed by atoms with Crippen LogP contribution in [-0.4, -0.2) is 39.5 Å². The summed E-state index contributed by atoms with van der Waals surface area (Å²) in [6, 6.07) is 11.6. The van der Waals surface area contributed by atoms with E-state index in [0.29, 0.717) is 30.7 Å². The zero-order valence-corrected chi connectivity index (χ0v) is 19.6. The molecule has 0 bridgehead atoms. The smallest absolute Gasteiger partial charge is 0.253 e. The molecule has 0 unspecified atom stereocenters. The lowest BCUT2D eigenvalue weighted by atomic mass is 10.0. The minimum absolute atomic E-state index is 0.0529. The molecule has 3 heterocycles. The topological polar surface area (TPSA) is 61.1 Å². The summed E-state index contributed by atoms with van der Waals surface area (Å²) in [6.45, 7) is 3.87. The van der Waals surface area contributed by atoms with Crippen LogP contribution in [0.5, 0.6) is 0 Å². The zero-order valence-electron chi connectivity index (χ0n) is 19.6. The predicted molar refractivity (Wildman–Crippen MR) is 130 cm³/mol. The maximum atomic E-state index is 15.1. The van der Waals surface area contributed by atoms with Crippen molar-refractivity contribution in [1.29, 1.82) is 0 Å². The molecule has 5 rings (SSSR count). The molecule has 1 amide bonds. The summed E-state index contributed by atoms with van der Waals surface area (Å²) in [4.78, 5) is 13.2. The lowest BCUT2D eigenvalue weighted by molar-refractivity contribution is 0.0697. The quantitative estimate of drug-likeness (QED) is 0.454. The number of nitrogens with one attached hydrogen (secondary N) is 1. The van der Waals surface area contributed by atoms with E-state index in [0.717, 1.165) is 47.0 Å². The van der Waals surface area contributed by atoms with Crippen LogP contribution in [0.3, 0.4) is 0 Å². The Morgan fingerprint density at radius 3 is 2.56 bits per heavy atom. The molecule has 1 aliphatic rings. The van der Waals surface area contributed by atoms with Gasteiger partial charge in [-0.15, -0.1) is 0 Å². The molecule has 1 N–H and O–H groups in total. The maximum Gasteiger partial charge on any atom is 0.253 e. The molecule has 6 nitrogen and oxygen atoms in total. The first kappa shape index (κ1) is 22.3. The molecule has 0 spiro atoms. The Balaban J connectivity index is 1.49. The highest BCUT2D eigenvalue weighted by molar-refractivity contribution is 6.08. The van der Waals surface area contributed by atoms with Crippen molar-refractivity contribution < 1.29 is 13.9 Å². The molecule has 2 aromatic heterocycles. The van der Waals surface area contributed by atoms with Gasteiger partial charge in [-0.2, -0.15) is 5.10 Å². The van der Waals surface area contributed by atoms with E-state index >= 15 is 4.39 Å². The molecular formula is C27H29FN4O2. The van der Waals surface area contributed by atoms with Gasteiger partial charge >= 0.3 is 0 Å². The van der Waals surface area contributed by atoms with Crippen molar-refractivity contribution in [1.82, 2.24) is 19.7 Å². The first-order valence-electron chi connectivity index (χ1n) is 11.8. The number of hydrogen-bond donors (Lipinski definition) is 1. The lowest BCUT2D eigenvalue weighted by Gasteiger charge is -2.23. The molecule has 1 aliphatic heterocycles. The van der Waals surface area contributed by atoms with Gasteiger partial charge in [0, 0.05) is 56.2 Å². The van der Waals surface area contributed by atoms with E-state index in [2.05, 4.69) is 41.6 Å². The third-order valence-electron chi connectivity index (χ3n) is 6.58. The van der Waals surface area contributed by atoms with Gasteiger partial charge in [-0.25, -0.2) is 4.39 Å². The third kappa shape index (κ3) is 4.35. The average molecular weight is 461 g/mol. The van der Waals surface area contributed by atoms with E-state index < -0.39 is 0 Å². The summed E-state index contributed by atoms with van der Waals surface area (Å²) in [5.41, 5.74) is 5.42. The van der Waals surface area contributed by atoms with E-state index in [1.165, 1.54) is 6.07 Å². The van der Waals surface area contributed by atoms with Crippen molar-refractivity contribution in [2.75, 3.05) is 13.2 Å². The number of hydrogen-bond acceptors (Lipinski definition) is 3. The molecular weight excluding hydrogens is 431 g/mol. The molecule has 7 heteroatoms. The van der Waals surface area contributed by atoms with E-state index in [4.69, 9.17) is 4.74 Å². The minimum Gasteiger partial charge on any atom is -0.381 e. The molecule has 34 heavy (non-hydrogen) atoms. The van der Waals surface area contributed by atoms with E-state index in [1.54, 1.807) is 10.9 Å². The summed E-state index contributed by atoms with van der Waals surface area (Å²) in [6.07, 6.45) is 7.92. The van der Waals surface area contributed by atoms with Crippen LogP contribution >= 0.6 is 0 Å². The number of ether oxygens (including phenoxy) is 1. The summed E-state index contributed by atoms with van der Waals surface area (Å²) in [5, 5.41) is 7.73. The van der Waals surface area contributed by atoms with Crippen molar-refractivity contribution in [3.8, 4) is 11.1 Å². The Hall–Kier alpha value is -3.45. The number of amides is 1. The van der Waals surface area contributed by atoms with Crippen LogP contribution in [0.4, 0.5) is 4.39 Å². The predicted octanol–water partition coefficient (Wildman–Crippen LogP) is 4.70. The van der Waals surface area contributed by atoms with Crippen molar-refractivity contribution in [2.24, 2.45) is 7.05 Å². The van der Waals surface area contributed by atoms with E-state index in [1.807, 2.05) is 30.1 Å².